The molecule has 1 aromatic carbocycles. The Hall–Kier alpha value is -1.16. The summed E-state index contributed by atoms with van der Waals surface area (Å²) in [5.74, 6) is -2.20. The number of nitrogens with two attached hydrogens (primary N) is 1. The predicted molar refractivity (Wildman–Crippen MR) is 75.1 cm³/mol. The third-order valence-corrected chi connectivity index (χ3v) is 5.36. The standard InChI is InChI=1S/C10H10BrClN2O5S/c1-14(4-8(13)15)20(18,19)5-2-6(10(16)17)9(12)7(11)3-5/h2-3H,4H2,1H3,(H2,13,15)(H,16,17). The van der Waals surface area contributed by atoms with E-state index >= 15 is 0 Å². The zero-order valence-corrected chi connectivity index (χ0v) is 13.3. The van der Waals surface area contributed by atoms with Crippen molar-refractivity contribution in [3.05, 3.63) is 27.2 Å². The first-order valence-electron chi connectivity index (χ1n) is 5.04. The van der Waals surface area contributed by atoms with Crippen molar-refractivity contribution >= 4 is 49.4 Å². The van der Waals surface area contributed by atoms with Gasteiger partial charge in [-0.15, -0.1) is 0 Å². The van der Waals surface area contributed by atoms with E-state index in [4.69, 9.17) is 22.4 Å². The van der Waals surface area contributed by atoms with Crippen molar-refractivity contribution < 1.29 is 23.1 Å². The maximum Gasteiger partial charge on any atom is 0.337 e. The molecule has 0 saturated heterocycles. The van der Waals surface area contributed by atoms with Crippen LogP contribution in [0, 0.1) is 0 Å². The van der Waals surface area contributed by atoms with Gasteiger partial charge in [-0.25, -0.2) is 13.2 Å². The van der Waals surface area contributed by atoms with Gasteiger partial charge in [0.05, 0.1) is 22.0 Å². The van der Waals surface area contributed by atoms with Crippen LogP contribution in [0.2, 0.25) is 5.02 Å². The van der Waals surface area contributed by atoms with Gasteiger partial charge in [0.15, 0.2) is 0 Å². The molecule has 1 rings (SSSR count). The van der Waals surface area contributed by atoms with Gasteiger partial charge in [-0.2, -0.15) is 4.31 Å². The average molecular weight is 386 g/mol. The van der Waals surface area contributed by atoms with Crippen LogP contribution in [0.25, 0.3) is 0 Å². The first-order chi connectivity index (χ1) is 9.07. The number of halogens is 2. The Bertz CT molecular complexity index is 676. The first kappa shape index (κ1) is 16.9. The maximum atomic E-state index is 12.2. The Kier molecular flexibility index (Phi) is 5.14. The van der Waals surface area contributed by atoms with Gasteiger partial charge in [0.2, 0.25) is 15.9 Å². The molecule has 10 heteroatoms. The van der Waals surface area contributed by atoms with Gasteiger partial charge in [-0.05, 0) is 28.1 Å². The fraction of sp³-hybridized carbons (Fsp3) is 0.200. The molecule has 20 heavy (non-hydrogen) atoms. The molecule has 0 bridgehead atoms. The largest absolute Gasteiger partial charge is 0.478 e. The number of benzene rings is 1. The Balaban J connectivity index is 3.40. The quantitative estimate of drug-likeness (QED) is 0.781. The molecule has 0 fully saturated rings. The number of primary amides is 1. The molecule has 0 radical (unpaired) electrons. The number of sulfonamides is 1. The lowest BCUT2D eigenvalue weighted by Gasteiger charge is -2.16. The molecule has 0 aliphatic rings. The van der Waals surface area contributed by atoms with E-state index in [1.165, 1.54) is 0 Å². The second-order valence-electron chi connectivity index (χ2n) is 3.80. The number of nitrogens with zero attached hydrogens (tertiary/aromatic N) is 1. The Morgan fingerprint density at radius 3 is 2.45 bits per heavy atom. The maximum absolute atomic E-state index is 12.2. The average Bonchev–Trinajstić information content (AvgIpc) is 2.30. The number of amides is 1. The summed E-state index contributed by atoms with van der Waals surface area (Å²) >= 11 is 8.75. The molecule has 0 saturated carbocycles. The molecule has 7 nitrogen and oxygen atoms in total. The van der Waals surface area contributed by atoms with Crippen LogP contribution in [0.3, 0.4) is 0 Å². The van der Waals surface area contributed by atoms with Gasteiger partial charge in [-0.1, -0.05) is 11.6 Å². The third-order valence-electron chi connectivity index (χ3n) is 2.32. The fourth-order valence-corrected chi connectivity index (χ4v) is 3.35. The zero-order chi connectivity index (χ0) is 15.7. The van der Waals surface area contributed by atoms with Gasteiger partial charge in [-0.3, -0.25) is 4.79 Å². The van der Waals surface area contributed by atoms with Crippen molar-refractivity contribution in [1.29, 1.82) is 0 Å². The molecule has 110 valence electrons. The SMILES string of the molecule is CN(CC(N)=O)S(=O)(=O)c1cc(Br)c(Cl)c(C(=O)O)c1. The highest BCUT2D eigenvalue weighted by molar-refractivity contribution is 9.10. The molecule has 0 heterocycles. The molecule has 0 aliphatic heterocycles. The van der Waals surface area contributed by atoms with E-state index in [0.29, 0.717) is 0 Å². The molecular formula is C10H10BrClN2O5S. The Morgan fingerprint density at radius 2 is 2.00 bits per heavy atom. The normalized spacial score (nSPS) is 11.6. The van der Waals surface area contributed by atoms with Crippen LogP contribution in [-0.2, 0) is 14.8 Å². The molecule has 1 amide bonds. The minimum Gasteiger partial charge on any atom is -0.478 e. The van der Waals surface area contributed by atoms with Crippen LogP contribution in [-0.4, -0.2) is 43.3 Å². The highest BCUT2D eigenvalue weighted by Crippen LogP contribution is 2.30. The Labute approximate surface area is 128 Å². The van der Waals surface area contributed by atoms with Crippen molar-refractivity contribution in [3.8, 4) is 0 Å². The number of carboxylic acid groups (broad SMARTS) is 1. The van der Waals surface area contributed by atoms with E-state index in [1.54, 1.807) is 0 Å². The van der Waals surface area contributed by atoms with Crippen LogP contribution in [0.4, 0.5) is 0 Å². The first-order valence-corrected chi connectivity index (χ1v) is 7.65. The van der Waals surface area contributed by atoms with Crippen LogP contribution in [0.15, 0.2) is 21.5 Å². The lowest BCUT2D eigenvalue weighted by molar-refractivity contribution is -0.118. The van der Waals surface area contributed by atoms with E-state index in [0.717, 1.165) is 23.5 Å². The summed E-state index contributed by atoms with van der Waals surface area (Å²) in [7, 11) is -2.89. The molecule has 0 spiro atoms. The second kappa shape index (κ2) is 6.08. The predicted octanol–water partition coefficient (Wildman–Crippen LogP) is 0.907. The minimum absolute atomic E-state index is 0.116. The van der Waals surface area contributed by atoms with Crippen molar-refractivity contribution in [1.82, 2.24) is 4.31 Å². The number of carboxylic acids is 1. The summed E-state index contributed by atoms with van der Waals surface area (Å²) in [4.78, 5) is 21.5. The number of rotatable bonds is 5. The van der Waals surface area contributed by atoms with E-state index in [2.05, 4.69) is 15.9 Å². The molecule has 3 N–H and O–H groups in total. The van der Waals surface area contributed by atoms with Gasteiger partial charge in [0.25, 0.3) is 0 Å². The molecular weight excluding hydrogens is 376 g/mol. The number of hydrogen-bond donors (Lipinski definition) is 2. The number of aromatic carboxylic acids is 1. The van der Waals surface area contributed by atoms with Crippen LogP contribution in [0.1, 0.15) is 10.4 Å². The molecule has 0 unspecified atom stereocenters. The Morgan fingerprint density at radius 1 is 1.45 bits per heavy atom. The molecule has 0 atom stereocenters. The number of carbonyl (C=O) groups is 2. The topological polar surface area (TPSA) is 118 Å². The van der Waals surface area contributed by atoms with E-state index < -0.39 is 28.4 Å². The third kappa shape index (κ3) is 3.48. The van der Waals surface area contributed by atoms with Gasteiger partial charge in [0.1, 0.15) is 0 Å². The van der Waals surface area contributed by atoms with Gasteiger partial charge >= 0.3 is 5.97 Å². The smallest absolute Gasteiger partial charge is 0.337 e. The van der Waals surface area contributed by atoms with Gasteiger partial charge < -0.3 is 10.8 Å². The summed E-state index contributed by atoms with van der Waals surface area (Å²) in [6, 6.07) is 2.07. The zero-order valence-electron chi connectivity index (χ0n) is 10.1. The van der Waals surface area contributed by atoms with E-state index in [-0.39, 0.29) is 20.0 Å². The van der Waals surface area contributed by atoms with E-state index in [9.17, 15) is 18.0 Å². The highest BCUT2D eigenvalue weighted by Gasteiger charge is 2.25. The molecule has 1 aromatic rings. The lowest BCUT2D eigenvalue weighted by Crippen LogP contribution is -2.35. The van der Waals surface area contributed by atoms with Crippen molar-refractivity contribution in [2.75, 3.05) is 13.6 Å². The number of carbonyl (C=O) groups excluding carboxylic acids is 1. The molecule has 0 aromatic heterocycles. The van der Waals surface area contributed by atoms with Crippen molar-refractivity contribution in [2.45, 2.75) is 4.90 Å². The summed E-state index contributed by atoms with van der Waals surface area (Å²) in [6.07, 6.45) is 0. The summed E-state index contributed by atoms with van der Waals surface area (Å²) in [5.41, 5.74) is 4.56. The van der Waals surface area contributed by atoms with Crippen LogP contribution < -0.4 is 5.73 Å². The van der Waals surface area contributed by atoms with Gasteiger partial charge in [0, 0.05) is 11.5 Å². The lowest BCUT2D eigenvalue weighted by atomic mass is 10.2. The van der Waals surface area contributed by atoms with E-state index in [1.807, 2.05) is 0 Å². The number of likely N-dealkylation sites (N-methyl/N-ethyl adjacent to an activating group) is 1. The monoisotopic (exact) mass is 384 g/mol. The van der Waals surface area contributed by atoms with Crippen LogP contribution >= 0.6 is 27.5 Å². The van der Waals surface area contributed by atoms with Crippen molar-refractivity contribution in [3.63, 3.8) is 0 Å². The van der Waals surface area contributed by atoms with Crippen molar-refractivity contribution in [2.24, 2.45) is 5.73 Å². The highest BCUT2D eigenvalue weighted by atomic mass is 79.9. The second-order valence-corrected chi connectivity index (χ2v) is 7.08. The summed E-state index contributed by atoms with van der Waals surface area (Å²) < 4.78 is 25.2. The summed E-state index contributed by atoms with van der Waals surface area (Å²) in [5, 5.41) is 8.86. The fourth-order valence-electron chi connectivity index (χ4n) is 1.35. The van der Waals surface area contributed by atoms with Crippen LogP contribution in [0.5, 0.6) is 0 Å². The minimum atomic E-state index is -4.05. The number of hydrogen-bond acceptors (Lipinski definition) is 4. The summed E-state index contributed by atoms with van der Waals surface area (Å²) in [6.45, 7) is -0.523. The molecule has 0 aliphatic carbocycles.